The number of hydrogen-bond acceptors (Lipinski definition) is 3. The van der Waals surface area contributed by atoms with Crippen LogP contribution in [0.25, 0.3) is 0 Å². The monoisotopic (exact) mass is 355 g/mol. The molecule has 4 rings (SSSR count). The molecular formula is C22H33N3O. The van der Waals surface area contributed by atoms with E-state index in [1.807, 2.05) is 4.90 Å². The summed E-state index contributed by atoms with van der Waals surface area (Å²) < 4.78 is 0. The molecule has 0 aliphatic carbocycles. The molecule has 0 spiro atoms. The number of aryl methyl sites for hydroxylation is 1. The minimum absolute atomic E-state index is 0.312. The molecule has 3 saturated heterocycles. The Hall–Kier alpha value is -1.55. The van der Waals surface area contributed by atoms with Crippen LogP contribution in [-0.2, 0) is 11.3 Å². The Bertz CT molecular complexity index is 630. The molecule has 0 unspecified atom stereocenters. The molecule has 3 fully saturated rings. The average Bonchev–Trinajstić information content (AvgIpc) is 3.29. The summed E-state index contributed by atoms with van der Waals surface area (Å²) in [7, 11) is 0. The van der Waals surface area contributed by atoms with E-state index in [9.17, 15) is 4.79 Å². The van der Waals surface area contributed by atoms with Crippen molar-refractivity contribution in [3.63, 3.8) is 0 Å². The van der Waals surface area contributed by atoms with E-state index in [2.05, 4.69) is 34.9 Å². The third-order valence-corrected chi connectivity index (χ3v) is 6.48. The van der Waals surface area contributed by atoms with Gasteiger partial charge in [0.2, 0.25) is 5.91 Å². The summed E-state index contributed by atoms with van der Waals surface area (Å²) in [6, 6.07) is 6.80. The first-order valence-corrected chi connectivity index (χ1v) is 10.5. The summed E-state index contributed by atoms with van der Waals surface area (Å²) in [6.07, 6.45) is 7.17. The van der Waals surface area contributed by atoms with Crippen LogP contribution in [0.4, 0.5) is 5.69 Å². The third kappa shape index (κ3) is 4.06. The van der Waals surface area contributed by atoms with Crippen molar-refractivity contribution in [2.75, 3.05) is 44.2 Å². The molecule has 0 N–H and O–H groups in total. The lowest BCUT2D eigenvalue weighted by Gasteiger charge is -2.36. The second kappa shape index (κ2) is 7.99. The van der Waals surface area contributed by atoms with Gasteiger partial charge in [-0.1, -0.05) is 12.1 Å². The van der Waals surface area contributed by atoms with Crippen LogP contribution in [0, 0.1) is 12.8 Å². The minimum atomic E-state index is 0.312. The van der Waals surface area contributed by atoms with Gasteiger partial charge < -0.3 is 14.7 Å². The first-order chi connectivity index (χ1) is 12.7. The molecule has 0 atom stereocenters. The summed E-state index contributed by atoms with van der Waals surface area (Å²) >= 11 is 0. The number of benzene rings is 1. The van der Waals surface area contributed by atoms with E-state index in [1.165, 1.54) is 75.2 Å². The van der Waals surface area contributed by atoms with Gasteiger partial charge >= 0.3 is 0 Å². The highest BCUT2D eigenvalue weighted by Crippen LogP contribution is 2.28. The van der Waals surface area contributed by atoms with Crippen LogP contribution in [0.5, 0.6) is 0 Å². The van der Waals surface area contributed by atoms with Gasteiger partial charge in [-0.3, -0.25) is 4.79 Å². The molecule has 1 amide bonds. The second-order valence-corrected chi connectivity index (χ2v) is 8.48. The molecule has 0 aromatic heterocycles. The lowest BCUT2D eigenvalue weighted by Crippen LogP contribution is -2.38. The zero-order valence-corrected chi connectivity index (χ0v) is 16.3. The summed E-state index contributed by atoms with van der Waals surface area (Å²) in [5.74, 6) is 1.19. The van der Waals surface area contributed by atoms with Crippen LogP contribution < -0.4 is 4.90 Å². The van der Waals surface area contributed by atoms with Crippen molar-refractivity contribution in [3.8, 4) is 0 Å². The van der Waals surface area contributed by atoms with Crippen molar-refractivity contribution in [2.24, 2.45) is 5.92 Å². The molecule has 4 heteroatoms. The highest BCUT2D eigenvalue weighted by molar-refractivity contribution is 5.78. The van der Waals surface area contributed by atoms with Gasteiger partial charge in [0, 0.05) is 44.8 Å². The maximum absolute atomic E-state index is 11.8. The fraction of sp³-hybridized carbons (Fsp3) is 0.682. The predicted molar refractivity (Wildman–Crippen MR) is 106 cm³/mol. The highest BCUT2D eigenvalue weighted by Gasteiger charge is 2.24. The molecule has 3 heterocycles. The Morgan fingerprint density at radius 1 is 1.00 bits per heavy atom. The number of nitrogens with zero attached hydrogens (tertiary/aromatic N) is 3. The first-order valence-electron chi connectivity index (χ1n) is 10.5. The number of piperidine rings is 1. The molecule has 0 radical (unpaired) electrons. The minimum Gasteiger partial charge on any atom is -0.371 e. The maximum atomic E-state index is 11.8. The van der Waals surface area contributed by atoms with Crippen molar-refractivity contribution < 1.29 is 4.79 Å². The van der Waals surface area contributed by atoms with Gasteiger partial charge in [-0.25, -0.2) is 0 Å². The standard InChI is InChI=1S/C22H33N3O/c1-18-15-20(17-25-12-4-5-22(25)26)6-7-21(18)24-13-8-19(9-14-24)16-23-10-2-3-11-23/h6-7,15,19H,2-5,8-14,16-17H2,1H3. The summed E-state index contributed by atoms with van der Waals surface area (Å²) in [5.41, 5.74) is 4.01. The quantitative estimate of drug-likeness (QED) is 0.810. The highest BCUT2D eigenvalue weighted by atomic mass is 16.2. The Labute approximate surface area is 158 Å². The van der Waals surface area contributed by atoms with Gasteiger partial charge in [0.05, 0.1) is 0 Å². The predicted octanol–water partition coefficient (Wildman–Crippen LogP) is 3.43. The van der Waals surface area contributed by atoms with E-state index in [0.717, 1.165) is 31.8 Å². The van der Waals surface area contributed by atoms with Crippen LogP contribution in [0.15, 0.2) is 18.2 Å². The second-order valence-electron chi connectivity index (χ2n) is 8.48. The summed E-state index contributed by atoms with van der Waals surface area (Å²) in [6.45, 7) is 10.2. The largest absolute Gasteiger partial charge is 0.371 e. The van der Waals surface area contributed by atoms with Crippen molar-refractivity contribution in [1.29, 1.82) is 0 Å². The fourth-order valence-electron chi connectivity index (χ4n) is 4.95. The van der Waals surface area contributed by atoms with Crippen molar-refractivity contribution >= 4 is 11.6 Å². The van der Waals surface area contributed by atoms with Gasteiger partial charge in [0.25, 0.3) is 0 Å². The molecule has 0 saturated carbocycles. The van der Waals surface area contributed by atoms with Crippen LogP contribution in [-0.4, -0.2) is 55.0 Å². The number of rotatable bonds is 5. The lowest BCUT2D eigenvalue weighted by molar-refractivity contribution is -0.128. The molecule has 1 aromatic rings. The average molecular weight is 356 g/mol. The zero-order chi connectivity index (χ0) is 17.9. The van der Waals surface area contributed by atoms with Gasteiger partial charge in [-0.15, -0.1) is 0 Å². The topological polar surface area (TPSA) is 26.8 Å². The van der Waals surface area contributed by atoms with E-state index < -0.39 is 0 Å². The summed E-state index contributed by atoms with van der Waals surface area (Å²) in [5, 5.41) is 0. The van der Waals surface area contributed by atoms with E-state index in [4.69, 9.17) is 0 Å². The molecular weight excluding hydrogens is 322 g/mol. The SMILES string of the molecule is Cc1cc(CN2CCCC2=O)ccc1N1CCC(CN2CCCC2)CC1. The van der Waals surface area contributed by atoms with Crippen LogP contribution in [0.2, 0.25) is 0 Å². The normalized spacial score (nSPS) is 22.6. The summed E-state index contributed by atoms with van der Waals surface area (Å²) in [4.78, 5) is 19.1. The van der Waals surface area contributed by atoms with Gasteiger partial charge in [-0.2, -0.15) is 0 Å². The van der Waals surface area contributed by atoms with Crippen molar-refractivity contribution in [1.82, 2.24) is 9.80 Å². The number of carbonyl (C=O) groups is 1. The number of anilines is 1. The number of amides is 1. The Morgan fingerprint density at radius 3 is 2.42 bits per heavy atom. The van der Waals surface area contributed by atoms with Crippen molar-refractivity contribution in [3.05, 3.63) is 29.3 Å². The molecule has 3 aliphatic heterocycles. The van der Waals surface area contributed by atoms with Crippen molar-refractivity contribution in [2.45, 2.75) is 52.0 Å². The van der Waals surface area contributed by atoms with Crippen LogP contribution in [0.1, 0.15) is 49.7 Å². The fourth-order valence-corrected chi connectivity index (χ4v) is 4.95. The third-order valence-electron chi connectivity index (χ3n) is 6.48. The Kier molecular flexibility index (Phi) is 5.49. The van der Waals surface area contributed by atoms with Gasteiger partial charge in [0.1, 0.15) is 0 Å². The molecule has 0 bridgehead atoms. The van der Waals surface area contributed by atoms with E-state index >= 15 is 0 Å². The number of likely N-dealkylation sites (tertiary alicyclic amines) is 2. The molecule has 1 aromatic carbocycles. The number of hydrogen-bond donors (Lipinski definition) is 0. The van der Waals surface area contributed by atoms with Crippen LogP contribution >= 0.6 is 0 Å². The molecule has 4 nitrogen and oxygen atoms in total. The molecule has 26 heavy (non-hydrogen) atoms. The first kappa shape index (κ1) is 17.8. The molecule has 142 valence electrons. The Morgan fingerprint density at radius 2 is 1.77 bits per heavy atom. The van der Waals surface area contributed by atoms with Crippen LogP contribution in [0.3, 0.4) is 0 Å². The van der Waals surface area contributed by atoms with E-state index in [-0.39, 0.29) is 0 Å². The Balaban J connectivity index is 1.32. The lowest BCUT2D eigenvalue weighted by atomic mass is 9.95. The van der Waals surface area contributed by atoms with Gasteiger partial charge in [0.15, 0.2) is 0 Å². The zero-order valence-electron chi connectivity index (χ0n) is 16.3. The van der Waals surface area contributed by atoms with E-state index in [1.54, 1.807) is 0 Å². The molecule has 3 aliphatic rings. The maximum Gasteiger partial charge on any atom is 0.222 e. The smallest absolute Gasteiger partial charge is 0.222 e. The number of carbonyl (C=O) groups excluding carboxylic acids is 1. The van der Waals surface area contributed by atoms with Gasteiger partial charge in [-0.05, 0) is 75.2 Å². The van der Waals surface area contributed by atoms with E-state index in [0.29, 0.717) is 5.91 Å².